The lowest BCUT2D eigenvalue weighted by Crippen LogP contribution is -1.84. The molecule has 94 valence electrons. The van der Waals surface area contributed by atoms with Crippen LogP contribution in [0.1, 0.15) is 5.56 Å². The van der Waals surface area contributed by atoms with Gasteiger partial charge in [0, 0.05) is 11.8 Å². The average molecular weight is 255 g/mol. The van der Waals surface area contributed by atoms with E-state index in [1.54, 1.807) is 0 Å². The predicted octanol–water partition coefficient (Wildman–Crippen LogP) is 3.25. The Kier molecular flexibility index (Phi) is 2.79. The normalized spacial score (nSPS) is 10.6. The van der Waals surface area contributed by atoms with Gasteiger partial charge in [-0.15, -0.1) is 0 Å². The molecule has 4 nitrogen and oxygen atoms in total. The number of benzene rings is 1. The van der Waals surface area contributed by atoms with E-state index in [1.807, 2.05) is 31.2 Å². The van der Waals surface area contributed by atoms with Gasteiger partial charge in [-0.2, -0.15) is 4.98 Å². The van der Waals surface area contributed by atoms with Gasteiger partial charge in [0.25, 0.3) is 5.89 Å². The Morgan fingerprint density at radius 2 is 1.84 bits per heavy atom. The van der Waals surface area contributed by atoms with E-state index in [-0.39, 0.29) is 5.89 Å². The van der Waals surface area contributed by atoms with Crippen LogP contribution in [0.5, 0.6) is 0 Å². The lowest BCUT2D eigenvalue weighted by atomic mass is 10.1. The molecule has 0 spiro atoms. The van der Waals surface area contributed by atoms with Gasteiger partial charge in [-0.25, -0.2) is 4.39 Å². The third kappa shape index (κ3) is 2.35. The van der Waals surface area contributed by atoms with Crippen molar-refractivity contribution < 1.29 is 8.91 Å². The molecule has 0 aliphatic rings. The van der Waals surface area contributed by atoms with Crippen molar-refractivity contribution in [2.75, 3.05) is 0 Å². The molecule has 0 amide bonds. The molecule has 0 aliphatic heterocycles. The highest BCUT2D eigenvalue weighted by Gasteiger charge is 2.11. The van der Waals surface area contributed by atoms with Crippen molar-refractivity contribution in [1.82, 2.24) is 15.1 Å². The maximum absolute atomic E-state index is 13.1. The predicted molar refractivity (Wildman–Crippen MR) is 67.7 cm³/mol. The van der Waals surface area contributed by atoms with Crippen LogP contribution in [-0.4, -0.2) is 15.1 Å². The fourth-order valence-corrected chi connectivity index (χ4v) is 1.69. The van der Waals surface area contributed by atoms with Crippen molar-refractivity contribution in [2.24, 2.45) is 0 Å². The van der Waals surface area contributed by atoms with Crippen molar-refractivity contribution in [3.8, 4) is 22.8 Å². The van der Waals surface area contributed by atoms with Crippen LogP contribution in [0.2, 0.25) is 0 Å². The fourth-order valence-electron chi connectivity index (χ4n) is 1.69. The van der Waals surface area contributed by atoms with Crippen molar-refractivity contribution in [2.45, 2.75) is 6.92 Å². The zero-order chi connectivity index (χ0) is 13.2. The summed E-state index contributed by atoms with van der Waals surface area (Å²) in [7, 11) is 0. The van der Waals surface area contributed by atoms with Crippen LogP contribution in [0.25, 0.3) is 22.8 Å². The molecule has 0 bridgehead atoms. The van der Waals surface area contributed by atoms with Crippen LogP contribution in [0, 0.1) is 12.7 Å². The molecule has 0 aliphatic carbocycles. The highest BCUT2D eigenvalue weighted by molar-refractivity contribution is 5.59. The molecule has 0 atom stereocenters. The van der Waals surface area contributed by atoms with E-state index < -0.39 is 5.82 Å². The summed E-state index contributed by atoms with van der Waals surface area (Å²) in [6.45, 7) is 2.00. The van der Waals surface area contributed by atoms with Crippen molar-refractivity contribution in [1.29, 1.82) is 0 Å². The summed E-state index contributed by atoms with van der Waals surface area (Å²) in [6, 6.07) is 9.06. The van der Waals surface area contributed by atoms with Crippen LogP contribution >= 0.6 is 0 Å². The topological polar surface area (TPSA) is 51.8 Å². The summed E-state index contributed by atoms with van der Waals surface area (Å²) >= 11 is 0. The summed E-state index contributed by atoms with van der Waals surface area (Å²) in [5.74, 6) is 0.287. The van der Waals surface area contributed by atoms with Gasteiger partial charge in [-0.1, -0.05) is 35.0 Å². The molecule has 0 radical (unpaired) electrons. The first-order valence-electron chi connectivity index (χ1n) is 5.74. The van der Waals surface area contributed by atoms with Gasteiger partial charge in [0.1, 0.15) is 5.82 Å². The number of hydrogen-bond acceptors (Lipinski definition) is 4. The van der Waals surface area contributed by atoms with E-state index in [2.05, 4.69) is 15.1 Å². The van der Waals surface area contributed by atoms with Gasteiger partial charge in [0.05, 0.1) is 11.8 Å². The molecule has 3 rings (SSSR count). The number of halogens is 1. The third-order valence-corrected chi connectivity index (χ3v) is 2.69. The lowest BCUT2D eigenvalue weighted by molar-refractivity contribution is 0.432. The first-order chi connectivity index (χ1) is 9.22. The Labute approximate surface area is 108 Å². The van der Waals surface area contributed by atoms with Crippen LogP contribution < -0.4 is 0 Å². The lowest BCUT2D eigenvalue weighted by Gasteiger charge is -1.94. The quantitative estimate of drug-likeness (QED) is 0.705. The average Bonchev–Trinajstić information content (AvgIpc) is 2.89. The molecule has 0 fully saturated rings. The highest BCUT2D eigenvalue weighted by atomic mass is 19.1. The van der Waals surface area contributed by atoms with E-state index in [4.69, 9.17) is 4.52 Å². The van der Waals surface area contributed by atoms with Crippen LogP contribution in [-0.2, 0) is 0 Å². The van der Waals surface area contributed by atoms with E-state index in [0.29, 0.717) is 11.4 Å². The molecular weight excluding hydrogens is 245 g/mol. The van der Waals surface area contributed by atoms with Gasteiger partial charge in [-0.3, -0.25) is 4.98 Å². The third-order valence-electron chi connectivity index (χ3n) is 2.69. The second-order valence-corrected chi connectivity index (χ2v) is 4.18. The summed E-state index contributed by atoms with van der Waals surface area (Å²) < 4.78 is 18.2. The number of nitrogens with zero attached hydrogens (tertiary/aromatic N) is 3. The molecule has 0 saturated carbocycles. The van der Waals surface area contributed by atoms with E-state index in [1.165, 1.54) is 12.3 Å². The minimum absolute atomic E-state index is 0.252. The largest absolute Gasteiger partial charge is 0.334 e. The molecule has 2 aromatic heterocycles. The smallest absolute Gasteiger partial charge is 0.259 e. The molecule has 5 heteroatoms. The maximum Gasteiger partial charge on any atom is 0.259 e. The highest BCUT2D eigenvalue weighted by Crippen LogP contribution is 2.22. The first-order valence-corrected chi connectivity index (χ1v) is 5.74. The zero-order valence-electron chi connectivity index (χ0n) is 10.2. The minimum Gasteiger partial charge on any atom is -0.334 e. The molecule has 1 aromatic carbocycles. The minimum atomic E-state index is -0.437. The summed E-state index contributed by atoms with van der Waals surface area (Å²) in [5, 5.41) is 3.89. The zero-order valence-corrected chi connectivity index (χ0v) is 10.2. The monoisotopic (exact) mass is 255 g/mol. The van der Waals surface area contributed by atoms with Gasteiger partial charge < -0.3 is 4.52 Å². The Morgan fingerprint density at radius 1 is 1.05 bits per heavy atom. The van der Waals surface area contributed by atoms with Crippen molar-refractivity contribution in [3.05, 3.63) is 54.1 Å². The summed E-state index contributed by atoms with van der Waals surface area (Å²) in [6.07, 6.45) is 2.61. The number of rotatable bonds is 2. The number of pyridine rings is 1. The molecule has 2 heterocycles. The molecule has 19 heavy (non-hydrogen) atoms. The maximum atomic E-state index is 13.1. The van der Waals surface area contributed by atoms with Crippen LogP contribution in [0.15, 0.2) is 47.2 Å². The van der Waals surface area contributed by atoms with Gasteiger partial charge in [-0.05, 0) is 13.0 Å². The SMILES string of the molecule is Cc1ccc(-c2noc(-c3cncc(F)c3)n2)cc1. The number of aryl methyl sites for hydroxylation is 1. The molecule has 0 saturated heterocycles. The number of hydrogen-bond donors (Lipinski definition) is 0. The molecule has 3 aromatic rings. The second-order valence-electron chi connectivity index (χ2n) is 4.18. The van der Waals surface area contributed by atoms with Gasteiger partial charge >= 0.3 is 0 Å². The Balaban J connectivity index is 1.97. The number of aromatic nitrogens is 3. The van der Waals surface area contributed by atoms with Gasteiger partial charge in [0.15, 0.2) is 0 Å². The van der Waals surface area contributed by atoms with Crippen molar-refractivity contribution in [3.63, 3.8) is 0 Å². The Bertz CT molecular complexity index is 707. The molecular formula is C14H10FN3O. The van der Waals surface area contributed by atoms with E-state index in [0.717, 1.165) is 17.3 Å². The Hall–Kier alpha value is -2.56. The summed E-state index contributed by atoms with van der Waals surface area (Å²) in [4.78, 5) is 7.99. The second kappa shape index (κ2) is 4.61. The van der Waals surface area contributed by atoms with Gasteiger partial charge in [0.2, 0.25) is 5.82 Å². The molecule has 0 N–H and O–H groups in total. The van der Waals surface area contributed by atoms with Crippen LogP contribution in [0.3, 0.4) is 0 Å². The fraction of sp³-hybridized carbons (Fsp3) is 0.0714. The van der Waals surface area contributed by atoms with E-state index >= 15 is 0 Å². The first kappa shape index (κ1) is 11.5. The Morgan fingerprint density at radius 3 is 2.58 bits per heavy atom. The summed E-state index contributed by atoms with van der Waals surface area (Å²) in [5.41, 5.74) is 2.47. The van der Waals surface area contributed by atoms with E-state index in [9.17, 15) is 4.39 Å². The van der Waals surface area contributed by atoms with Crippen molar-refractivity contribution >= 4 is 0 Å². The standard InChI is InChI=1S/C14H10FN3O/c1-9-2-4-10(5-3-9)13-17-14(19-18-13)11-6-12(15)8-16-7-11/h2-8H,1H3. The van der Waals surface area contributed by atoms with Crippen LogP contribution in [0.4, 0.5) is 4.39 Å². The molecule has 0 unspecified atom stereocenters.